The van der Waals surface area contributed by atoms with Crippen molar-refractivity contribution in [3.05, 3.63) is 51.6 Å². The second-order valence-electron chi connectivity index (χ2n) is 9.52. The Morgan fingerprint density at radius 3 is 2.36 bits per heavy atom. The predicted molar refractivity (Wildman–Crippen MR) is 122 cm³/mol. The molecule has 0 aliphatic carbocycles. The maximum Gasteiger partial charge on any atom is 0.139 e. The fraction of sp³-hybridized carbons (Fsp3) is 0.435. The summed E-state index contributed by atoms with van der Waals surface area (Å²) in [6.45, 7) is 15.4. The lowest BCUT2D eigenvalue weighted by atomic mass is 9.82. The van der Waals surface area contributed by atoms with Gasteiger partial charge < -0.3 is 5.32 Å². The van der Waals surface area contributed by atoms with Gasteiger partial charge in [-0.2, -0.15) is 0 Å². The summed E-state index contributed by atoms with van der Waals surface area (Å²) < 4.78 is 2.17. The van der Waals surface area contributed by atoms with E-state index in [9.17, 15) is 0 Å². The van der Waals surface area contributed by atoms with Crippen molar-refractivity contribution in [2.75, 3.05) is 5.32 Å². The van der Waals surface area contributed by atoms with Gasteiger partial charge >= 0.3 is 0 Å². The van der Waals surface area contributed by atoms with Crippen LogP contribution in [-0.2, 0) is 0 Å². The average Bonchev–Trinajstić information content (AvgIpc) is 2.85. The molecule has 0 aliphatic heterocycles. The molecule has 3 aromatic rings. The molecular weight excluding hydrogens is 389 g/mol. The first kappa shape index (κ1) is 21.0. The Hall–Kier alpha value is -1.71. The van der Waals surface area contributed by atoms with Gasteiger partial charge in [0.15, 0.2) is 0 Å². The van der Waals surface area contributed by atoms with Crippen LogP contribution in [0.2, 0.25) is 10.0 Å². The first-order chi connectivity index (χ1) is 12.9. The highest BCUT2D eigenvalue weighted by atomic mass is 35.5. The number of fused-ring (bicyclic) bond motifs is 1. The van der Waals surface area contributed by atoms with Crippen molar-refractivity contribution in [1.82, 2.24) is 9.38 Å². The van der Waals surface area contributed by atoms with Gasteiger partial charge in [-0.1, -0.05) is 56.1 Å². The Labute approximate surface area is 178 Å². The summed E-state index contributed by atoms with van der Waals surface area (Å²) >= 11 is 12.9. The Morgan fingerprint density at radius 2 is 1.71 bits per heavy atom. The molecule has 28 heavy (non-hydrogen) atoms. The Morgan fingerprint density at radius 1 is 1.04 bits per heavy atom. The third kappa shape index (κ3) is 4.31. The molecule has 0 bridgehead atoms. The summed E-state index contributed by atoms with van der Waals surface area (Å²) in [5, 5.41) is 4.83. The van der Waals surface area contributed by atoms with Crippen molar-refractivity contribution in [2.45, 2.75) is 60.4 Å². The van der Waals surface area contributed by atoms with Gasteiger partial charge in [-0.15, -0.1) is 0 Å². The zero-order chi connectivity index (χ0) is 20.9. The second kappa shape index (κ2) is 7.27. The van der Waals surface area contributed by atoms with Crippen LogP contribution in [0.25, 0.3) is 16.9 Å². The van der Waals surface area contributed by atoms with Crippen LogP contribution in [0.5, 0.6) is 0 Å². The summed E-state index contributed by atoms with van der Waals surface area (Å²) in [4.78, 5) is 4.94. The van der Waals surface area contributed by atoms with E-state index in [4.69, 9.17) is 28.2 Å². The minimum absolute atomic E-state index is 0.134. The standard InChI is InChI=1S/C23H29Cl2N3/c1-14-11-15(2)28-18(12-14)26-20(16-9-8-10-17(24)19(16)25)21(28)27-23(6,7)13-22(3,4)5/h8-12,27H,13H2,1-7H3. The van der Waals surface area contributed by atoms with Crippen molar-refractivity contribution < 1.29 is 0 Å². The number of aryl methyl sites for hydroxylation is 2. The van der Waals surface area contributed by atoms with Gasteiger partial charge in [0.1, 0.15) is 17.2 Å². The van der Waals surface area contributed by atoms with Crippen LogP contribution in [0, 0.1) is 19.3 Å². The molecule has 0 atom stereocenters. The van der Waals surface area contributed by atoms with Gasteiger partial charge in [0, 0.05) is 16.8 Å². The van der Waals surface area contributed by atoms with E-state index in [0.717, 1.165) is 34.8 Å². The van der Waals surface area contributed by atoms with Crippen LogP contribution < -0.4 is 5.32 Å². The van der Waals surface area contributed by atoms with Crippen LogP contribution in [0.1, 0.15) is 52.3 Å². The largest absolute Gasteiger partial charge is 0.364 e. The van der Waals surface area contributed by atoms with Crippen molar-refractivity contribution in [1.29, 1.82) is 0 Å². The lowest BCUT2D eigenvalue weighted by Gasteiger charge is -2.34. The predicted octanol–water partition coefficient (Wildman–Crippen LogP) is 7.55. The SMILES string of the molecule is Cc1cc(C)n2c(NC(C)(C)CC(C)(C)C)c(-c3cccc(Cl)c3Cl)nc2c1. The molecule has 1 N–H and O–H groups in total. The van der Waals surface area contributed by atoms with E-state index in [0.29, 0.717) is 10.0 Å². The molecule has 0 radical (unpaired) electrons. The highest BCUT2D eigenvalue weighted by Crippen LogP contribution is 2.40. The maximum absolute atomic E-state index is 6.57. The van der Waals surface area contributed by atoms with Crippen LogP contribution in [0.3, 0.4) is 0 Å². The summed E-state index contributed by atoms with van der Waals surface area (Å²) in [5.41, 5.74) is 4.92. The van der Waals surface area contributed by atoms with Crippen molar-refractivity contribution in [3.63, 3.8) is 0 Å². The Balaban J connectivity index is 2.25. The van der Waals surface area contributed by atoms with E-state index in [1.54, 1.807) is 6.07 Å². The third-order valence-corrected chi connectivity index (χ3v) is 5.50. The van der Waals surface area contributed by atoms with Gasteiger partial charge in [-0.25, -0.2) is 4.98 Å². The highest BCUT2D eigenvalue weighted by molar-refractivity contribution is 6.43. The molecule has 0 aliphatic rings. The summed E-state index contributed by atoms with van der Waals surface area (Å²) in [6.07, 6.45) is 1.00. The minimum atomic E-state index is -0.134. The zero-order valence-electron chi connectivity index (χ0n) is 17.7. The van der Waals surface area contributed by atoms with E-state index in [2.05, 4.69) is 70.3 Å². The molecular formula is C23H29Cl2N3. The number of imidazole rings is 1. The molecule has 5 heteroatoms. The highest BCUT2D eigenvalue weighted by Gasteiger charge is 2.29. The molecule has 0 unspecified atom stereocenters. The van der Waals surface area contributed by atoms with Gasteiger partial charge in [-0.05, 0) is 63.3 Å². The number of hydrogen-bond donors (Lipinski definition) is 1. The van der Waals surface area contributed by atoms with Crippen molar-refractivity contribution in [2.24, 2.45) is 5.41 Å². The van der Waals surface area contributed by atoms with Gasteiger partial charge in [0.2, 0.25) is 0 Å². The van der Waals surface area contributed by atoms with E-state index < -0.39 is 0 Å². The number of benzene rings is 1. The number of hydrogen-bond acceptors (Lipinski definition) is 2. The quantitative estimate of drug-likeness (QED) is 0.474. The molecule has 3 nitrogen and oxygen atoms in total. The van der Waals surface area contributed by atoms with Gasteiger partial charge in [-0.3, -0.25) is 4.40 Å². The van der Waals surface area contributed by atoms with Crippen LogP contribution in [0.15, 0.2) is 30.3 Å². The fourth-order valence-corrected chi connectivity index (χ4v) is 4.60. The molecule has 0 spiro atoms. The maximum atomic E-state index is 6.57. The monoisotopic (exact) mass is 417 g/mol. The summed E-state index contributed by atoms with van der Waals surface area (Å²) in [5.74, 6) is 0.950. The van der Waals surface area contributed by atoms with E-state index >= 15 is 0 Å². The minimum Gasteiger partial charge on any atom is -0.364 e. The third-order valence-electron chi connectivity index (χ3n) is 4.69. The number of halogens is 2. The Bertz CT molecular complexity index is 1030. The second-order valence-corrected chi connectivity index (χ2v) is 10.3. The fourth-order valence-electron chi connectivity index (χ4n) is 4.21. The lowest BCUT2D eigenvalue weighted by Crippen LogP contribution is -2.36. The summed E-state index contributed by atoms with van der Waals surface area (Å²) in [7, 11) is 0. The molecule has 2 heterocycles. The van der Waals surface area contributed by atoms with E-state index in [-0.39, 0.29) is 11.0 Å². The molecule has 3 rings (SSSR count). The number of nitrogens with one attached hydrogen (secondary N) is 1. The molecule has 150 valence electrons. The zero-order valence-corrected chi connectivity index (χ0v) is 19.3. The topological polar surface area (TPSA) is 29.3 Å². The molecule has 0 saturated heterocycles. The summed E-state index contributed by atoms with van der Waals surface area (Å²) in [6, 6.07) is 9.95. The van der Waals surface area contributed by atoms with E-state index in [1.807, 2.05) is 12.1 Å². The molecule has 2 aromatic heterocycles. The van der Waals surface area contributed by atoms with Gasteiger partial charge in [0.05, 0.1) is 10.0 Å². The molecule has 0 fully saturated rings. The van der Waals surface area contributed by atoms with Crippen LogP contribution >= 0.6 is 23.2 Å². The van der Waals surface area contributed by atoms with Gasteiger partial charge in [0.25, 0.3) is 0 Å². The Kier molecular flexibility index (Phi) is 5.46. The molecule has 1 aromatic carbocycles. The number of pyridine rings is 1. The average molecular weight is 418 g/mol. The smallest absolute Gasteiger partial charge is 0.139 e. The van der Waals surface area contributed by atoms with Crippen molar-refractivity contribution in [3.8, 4) is 11.3 Å². The van der Waals surface area contributed by atoms with Crippen molar-refractivity contribution >= 4 is 34.7 Å². The van der Waals surface area contributed by atoms with Crippen LogP contribution in [-0.4, -0.2) is 14.9 Å². The van der Waals surface area contributed by atoms with Crippen LogP contribution in [0.4, 0.5) is 5.82 Å². The number of rotatable bonds is 4. The first-order valence-electron chi connectivity index (χ1n) is 9.60. The number of aromatic nitrogens is 2. The number of anilines is 1. The molecule has 0 saturated carbocycles. The normalized spacial score (nSPS) is 12.6. The lowest BCUT2D eigenvalue weighted by molar-refractivity contribution is 0.302. The number of nitrogens with zero attached hydrogens (tertiary/aromatic N) is 2. The first-order valence-corrected chi connectivity index (χ1v) is 10.4. The van der Waals surface area contributed by atoms with E-state index in [1.165, 1.54) is 5.56 Å². The molecule has 0 amide bonds.